The fourth-order valence-corrected chi connectivity index (χ4v) is 4.19. The molecule has 29 heavy (non-hydrogen) atoms. The van der Waals surface area contributed by atoms with Crippen LogP contribution in [-0.2, 0) is 6.42 Å². The van der Waals surface area contributed by atoms with Crippen molar-refractivity contribution in [3.63, 3.8) is 0 Å². The SMILES string of the molecule is COc1ccc(C(=O)N2CCCN(c3nc(Cc4ccccc4)ns3)CC2)cc1. The maximum atomic E-state index is 12.8. The molecule has 3 aromatic rings. The molecular formula is C22H24N4O2S. The second-order valence-electron chi connectivity index (χ2n) is 7.02. The van der Waals surface area contributed by atoms with Gasteiger partial charge in [-0.3, -0.25) is 4.79 Å². The molecule has 7 heteroatoms. The predicted molar refractivity (Wildman–Crippen MR) is 115 cm³/mol. The van der Waals surface area contributed by atoms with Crippen LogP contribution in [0.5, 0.6) is 5.75 Å². The van der Waals surface area contributed by atoms with Crippen LogP contribution >= 0.6 is 11.5 Å². The zero-order valence-corrected chi connectivity index (χ0v) is 17.3. The molecular weight excluding hydrogens is 384 g/mol. The van der Waals surface area contributed by atoms with Crippen LogP contribution < -0.4 is 9.64 Å². The van der Waals surface area contributed by atoms with Crippen LogP contribution in [0.15, 0.2) is 54.6 Å². The molecule has 1 amide bonds. The molecule has 0 spiro atoms. The van der Waals surface area contributed by atoms with Crippen LogP contribution in [0.25, 0.3) is 0 Å². The van der Waals surface area contributed by atoms with E-state index in [4.69, 9.17) is 9.72 Å². The lowest BCUT2D eigenvalue weighted by Gasteiger charge is -2.21. The summed E-state index contributed by atoms with van der Waals surface area (Å²) < 4.78 is 9.71. The quantitative estimate of drug-likeness (QED) is 0.647. The van der Waals surface area contributed by atoms with E-state index in [1.807, 2.05) is 47.4 Å². The summed E-state index contributed by atoms with van der Waals surface area (Å²) in [5.41, 5.74) is 1.91. The van der Waals surface area contributed by atoms with E-state index in [9.17, 15) is 4.79 Å². The Labute approximate surface area is 174 Å². The zero-order chi connectivity index (χ0) is 20.1. The number of methoxy groups -OCH3 is 1. The lowest BCUT2D eigenvalue weighted by Crippen LogP contribution is -2.35. The molecule has 2 aromatic carbocycles. The topological polar surface area (TPSA) is 58.6 Å². The van der Waals surface area contributed by atoms with Crippen molar-refractivity contribution in [1.29, 1.82) is 0 Å². The zero-order valence-electron chi connectivity index (χ0n) is 16.5. The molecule has 150 valence electrons. The molecule has 1 fully saturated rings. The first-order valence-electron chi connectivity index (χ1n) is 9.78. The summed E-state index contributed by atoms with van der Waals surface area (Å²) >= 11 is 1.44. The molecule has 0 N–H and O–H groups in total. The second-order valence-corrected chi connectivity index (χ2v) is 7.75. The number of benzene rings is 2. The first-order chi connectivity index (χ1) is 14.2. The van der Waals surface area contributed by atoms with Gasteiger partial charge < -0.3 is 14.5 Å². The van der Waals surface area contributed by atoms with E-state index < -0.39 is 0 Å². The molecule has 2 heterocycles. The summed E-state index contributed by atoms with van der Waals surface area (Å²) in [4.78, 5) is 21.7. The minimum Gasteiger partial charge on any atom is -0.497 e. The molecule has 0 radical (unpaired) electrons. The van der Waals surface area contributed by atoms with Crippen LogP contribution in [-0.4, -0.2) is 53.5 Å². The summed E-state index contributed by atoms with van der Waals surface area (Å²) in [5.74, 6) is 1.68. The Bertz CT molecular complexity index is 943. The number of aromatic nitrogens is 2. The van der Waals surface area contributed by atoms with E-state index in [1.165, 1.54) is 17.1 Å². The number of amides is 1. The van der Waals surface area contributed by atoms with E-state index in [-0.39, 0.29) is 5.91 Å². The van der Waals surface area contributed by atoms with Gasteiger partial charge in [0.2, 0.25) is 5.13 Å². The number of hydrogen-bond acceptors (Lipinski definition) is 6. The van der Waals surface area contributed by atoms with Crippen molar-refractivity contribution in [2.45, 2.75) is 12.8 Å². The van der Waals surface area contributed by atoms with Gasteiger partial charge in [-0.1, -0.05) is 30.3 Å². The monoisotopic (exact) mass is 408 g/mol. The Kier molecular flexibility index (Phi) is 6.05. The predicted octanol–water partition coefficient (Wildman–Crippen LogP) is 3.49. The lowest BCUT2D eigenvalue weighted by molar-refractivity contribution is 0.0767. The van der Waals surface area contributed by atoms with E-state index in [2.05, 4.69) is 21.4 Å². The molecule has 1 aromatic heterocycles. The van der Waals surface area contributed by atoms with Crippen molar-refractivity contribution in [2.24, 2.45) is 0 Å². The molecule has 0 aliphatic carbocycles. The Morgan fingerprint density at radius 1 is 1.03 bits per heavy atom. The molecule has 0 atom stereocenters. The van der Waals surface area contributed by atoms with E-state index in [0.29, 0.717) is 12.1 Å². The maximum Gasteiger partial charge on any atom is 0.253 e. The Morgan fingerprint density at radius 3 is 2.59 bits per heavy atom. The third kappa shape index (κ3) is 4.74. The third-order valence-electron chi connectivity index (χ3n) is 5.05. The number of rotatable bonds is 5. The molecule has 0 saturated carbocycles. The van der Waals surface area contributed by atoms with Crippen LogP contribution in [0, 0.1) is 0 Å². The minimum absolute atomic E-state index is 0.0662. The highest BCUT2D eigenvalue weighted by molar-refractivity contribution is 7.09. The molecule has 0 bridgehead atoms. The third-order valence-corrected chi connectivity index (χ3v) is 5.87. The minimum atomic E-state index is 0.0662. The first kappa shape index (κ1) is 19.4. The highest BCUT2D eigenvalue weighted by atomic mass is 32.1. The number of ether oxygens (including phenoxy) is 1. The summed E-state index contributed by atoms with van der Waals surface area (Å²) in [6, 6.07) is 17.6. The van der Waals surface area contributed by atoms with Gasteiger partial charge in [0, 0.05) is 49.7 Å². The van der Waals surface area contributed by atoms with Gasteiger partial charge >= 0.3 is 0 Å². The van der Waals surface area contributed by atoms with E-state index >= 15 is 0 Å². The molecule has 1 aliphatic rings. The summed E-state index contributed by atoms with van der Waals surface area (Å²) in [6.45, 7) is 3.07. The number of nitrogens with zero attached hydrogens (tertiary/aromatic N) is 4. The second kappa shape index (κ2) is 9.05. The standard InChI is InChI=1S/C22H24N4O2S/c1-28-19-10-8-18(9-11-19)21(27)25-12-5-13-26(15-14-25)22-23-20(24-29-22)16-17-6-3-2-4-7-17/h2-4,6-11H,5,12-16H2,1H3. The van der Waals surface area contributed by atoms with Crippen LogP contribution in [0.2, 0.25) is 0 Å². The molecule has 1 saturated heterocycles. The van der Waals surface area contributed by atoms with Gasteiger partial charge in [-0.25, -0.2) is 4.98 Å². The van der Waals surface area contributed by atoms with Crippen molar-refractivity contribution >= 4 is 22.6 Å². The number of hydrogen-bond donors (Lipinski definition) is 0. The van der Waals surface area contributed by atoms with Gasteiger partial charge in [-0.15, -0.1) is 0 Å². The van der Waals surface area contributed by atoms with Crippen molar-refractivity contribution in [3.8, 4) is 5.75 Å². The van der Waals surface area contributed by atoms with Gasteiger partial charge in [0.1, 0.15) is 11.6 Å². The Hall–Kier alpha value is -2.93. The van der Waals surface area contributed by atoms with Crippen LogP contribution in [0.1, 0.15) is 28.2 Å². The average molecular weight is 409 g/mol. The van der Waals surface area contributed by atoms with Crippen molar-refractivity contribution in [1.82, 2.24) is 14.3 Å². The molecule has 6 nitrogen and oxygen atoms in total. The molecule has 4 rings (SSSR count). The lowest BCUT2D eigenvalue weighted by atomic mass is 10.1. The van der Waals surface area contributed by atoms with Crippen molar-refractivity contribution < 1.29 is 9.53 Å². The summed E-state index contributed by atoms with van der Waals surface area (Å²) in [5, 5.41) is 0.940. The smallest absolute Gasteiger partial charge is 0.253 e. The van der Waals surface area contributed by atoms with E-state index in [1.54, 1.807) is 7.11 Å². The largest absolute Gasteiger partial charge is 0.497 e. The number of carbonyl (C=O) groups excluding carboxylic acids is 1. The number of carbonyl (C=O) groups is 1. The summed E-state index contributed by atoms with van der Waals surface area (Å²) in [7, 11) is 1.62. The maximum absolute atomic E-state index is 12.8. The van der Waals surface area contributed by atoms with Gasteiger partial charge in [0.25, 0.3) is 5.91 Å². The molecule has 1 aliphatic heterocycles. The van der Waals surface area contributed by atoms with Crippen LogP contribution in [0.4, 0.5) is 5.13 Å². The van der Waals surface area contributed by atoms with Crippen molar-refractivity contribution in [2.75, 3.05) is 38.2 Å². The van der Waals surface area contributed by atoms with Gasteiger partial charge in [-0.2, -0.15) is 4.37 Å². The van der Waals surface area contributed by atoms with E-state index in [0.717, 1.165) is 49.2 Å². The Morgan fingerprint density at radius 2 is 1.83 bits per heavy atom. The van der Waals surface area contributed by atoms with Gasteiger partial charge in [-0.05, 0) is 36.2 Å². The van der Waals surface area contributed by atoms with Crippen LogP contribution in [0.3, 0.4) is 0 Å². The number of anilines is 1. The highest BCUT2D eigenvalue weighted by Gasteiger charge is 2.22. The average Bonchev–Trinajstić information content (AvgIpc) is 3.09. The summed E-state index contributed by atoms with van der Waals surface area (Å²) in [6.07, 6.45) is 1.66. The normalized spacial score (nSPS) is 14.5. The van der Waals surface area contributed by atoms with Gasteiger partial charge in [0.15, 0.2) is 0 Å². The Balaban J connectivity index is 1.38. The molecule has 0 unspecified atom stereocenters. The van der Waals surface area contributed by atoms with Gasteiger partial charge in [0.05, 0.1) is 7.11 Å². The fraction of sp³-hybridized carbons (Fsp3) is 0.318. The first-order valence-corrected chi connectivity index (χ1v) is 10.5. The van der Waals surface area contributed by atoms with Crippen molar-refractivity contribution in [3.05, 3.63) is 71.5 Å². The fourth-order valence-electron chi connectivity index (χ4n) is 3.45. The highest BCUT2D eigenvalue weighted by Crippen LogP contribution is 2.21.